The van der Waals surface area contributed by atoms with E-state index < -0.39 is 0 Å². The number of hydrogen-bond donors (Lipinski definition) is 1. The molecule has 17 heavy (non-hydrogen) atoms. The largest absolute Gasteiger partial charge is 0.496 e. The van der Waals surface area contributed by atoms with Gasteiger partial charge in [0.15, 0.2) is 0 Å². The van der Waals surface area contributed by atoms with Crippen LogP contribution in [0.15, 0.2) is 18.2 Å². The van der Waals surface area contributed by atoms with Gasteiger partial charge in [0, 0.05) is 31.3 Å². The highest BCUT2D eigenvalue weighted by Gasteiger charge is 2.21. The summed E-state index contributed by atoms with van der Waals surface area (Å²) in [5.74, 6) is 0.878. The molecule has 0 spiro atoms. The van der Waals surface area contributed by atoms with Crippen LogP contribution in [-0.4, -0.2) is 33.9 Å². The minimum Gasteiger partial charge on any atom is -0.496 e. The predicted molar refractivity (Wildman–Crippen MR) is 65.3 cm³/mol. The van der Waals surface area contributed by atoms with E-state index in [1.807, 2.05) is 12.1 Å². The zero-order valence-electron chi connectivity index (χ0n) is 10.4. The maximum absolute atomic E-state index is 5.76. The van der Waals surface area contributed by atoms with E-state index in [1.165, 1.54) is 0 Å². The first kappa shape index (κ1) is 12.4. The second-order valence-electron chi connectivity index (χ2n) is 4.04. The van der Waals surface area contributed by atoms with Crippen LogP contribution in [0.1, 0.15) is 17.2 Å². The van der Waals surface area contributed by atoms with Crippen LogP contribution in [0.3, 0.4) is 0 Å². The Morgan fingerprint density at radius 2 is 2.29 bits per heavy atom. The molecule has 4 nitrogen and oxygen atoms in total. The number of benzene rings is 1. The number of ether oxygens (including phenoxy) is 3. The predicted octanol–water partition coefficient (Wildman–Crippen LogP) is 1.50. The molecule has 1 aliphatic rings. The molecule has 1 aromatic rings. The molecular weight excluding hydrogens is 218 g/mol. The summed E-state index contributed by atoms with van der Waals surface area (Å²) in [6.45, 7) is 3.03. The van der Waals surface area contributed by atoms with Gasteiger partial charge in [-0.1, -0.05) is 18.2 Å². The molecule has 1 aliphatic heterocycles. The lowest BCUT2D eigenvalue weighted by Gasteiger charge is -2.26. The number of para-hydroxylation sites is 1. The van der Waals surface area contributed by atoms with E-state index in [2.05, 4.69) is 11.4 Å². The first-order valence-corrected chi connectivity index (χ1v) is 5.84. The molecule has 0 aliphatic carbocycles. The van der Waals surface area contributed by atoms with E-state index in [1.54, 1.807) is 14.2 Å². The summed E-state index contributed by atoms with van der Waals surface area (Å²) in [5, 5.41) is 3.32. The van der Waals surface area contributed by atoms with Gasteiger partial charge in [0.25, 0.3) is 0 Å². The molecule has 4 heteroatoms. The molecule has 0 aromatic heterocycles. The first-order chi connectivity index (χ1) is 8.36. The Hall–Kier alpha value is -1.10. The van der Waals surface area contributed by atoms with Gasteiger partial charge < -0.3 is 19.5 Å². The SMILES string of the molecule is COCc1cccc(C2CNCCO2)c1OC. The van der Waals surface area contributed by atoms with Crippen LogP contribution in [0.5, 0.6) is 5.75 Å². The molecule has 2 rings (SSSR count). The number of nitrogens with one attached hydrogen (secondary N) is 1. The van der Waals surface area contributed by atoms with Crippen LogP contribution < -0.4 is 10.1 Å². The van der Waals surface area contributed by atoms with Crippen LogP contribution in [-0.2, 0) is 16.1 Å². The topological polar surface area (TPSA) is 39.7 Å². The number of hydrogen-bond acceptors (Lipinski definition) is 4. The number of morpholine rings is 1. The zero-order chi connectivity index (χ0) is 12.1. The molecule has 0 radical (unpaired) electrons. The molecule has 1 atom stereocenters. The lowest BCUT2D eigenvalue weighted by molar-refractivity contribution is 0.0260. The quantitative estimate of drug-likeness (QED) is 0.861. The van der Waals surface area contributed by atoms with Gasteiger partial charge in [0.2, 0.25) is 0 Å². The summed E-state index contributed by atoms with van der Waals surface area (Å²) in [6, 6.07) is 6.09. The summed E-state index contributed by atoms with van der Waals surface area (Å²) in [6.07, 6.45) is 0.0653. The molecule has 1 unspecified atom stereocenters. The monoisotopic (exact) mass is 237 g/mol. The van der Waals surface area contributed by atoms with Gasteiger partial charge >= 0.3 is 0 Å². The van der Waals surface area contributed by atoms with Crippen LogP contribution in [0.25, 0.3) is 0 Å². The highest BCUT2D eigenvalue weighted by atomic mass is 16.5. The van der Waals surface area contributed by atoms with Crippen molar-refractivity contribution in [2.24, 2.45) is 0 Å². The van der Waals surface area contributed by atoms with Gasteiger partial charge in [-0.25, -0.2) is 0 Å². The van der Waals surface area contributed by atoms with Crippen LogP contribution >= 0.6 is 0 Å². The lowest BCUT2D eigenvalue weighted by atomic mass is 10.0. The standard InChI is InChI=1S/C13H19NO3/c1-15-9-10-4-3-5-11(13(10)16-2)12-8-14-6-7-17-12/h3-5,12,14H,6-9H2,1-2H3. The average Bonchev–Trinajstić information content (AvgIpc) is 2.40. The lowest BCUT2D eigenvalue weighted by Crippen LogP contribution is -2.33. The smallest absolute Gasteiger partial charge is 0.130 e. The highest BCUT2D eigenvalue weighted by molar-refractivity contribution is 5.43. The molecule has 1 fully saturated rings. The Morgan fingerprint density at radius 1 is 1.41 bits per heavy atom. The molecular formula is C13H19NO3. The Balaban J connectivity index is 2.28. The van der Waals surface area contributed by atoms with Crippen molar-refractivity contribution in [3.05, 3.63) is 29.3 Å². The fourth-order valence-corrected chi connectivity index (χ4v) is 2.14. The summed E-state index contributed by atoms with van der Waals surface area (Å²) in [7, 11) is 3.37. The van der Waals surface area contributed by atoms with E-state index in [0.717, 1.165) is 36.6 Å². The second kappa shape index (κ2) is 6.00. The summed E-state index contributed by atoms with van der Waals surface area (Å²) >= 11 is 0. The van der Waals surface area contributed by atoms with E-state index in [0.29, 0.717) is 6.61 Å². The van der Waals surface area contributed by atoms with Gasteiger partial charge in [-0.2, -0.15) is 0 Å². The van der Waals surface area contributed by atoms with Gasteiger partial charge in [-0.3, -0.25) is 0 Å². The number of rotatable bonds is 4. The Kier molecular flexibility index (Phi) is 4.36. The van der Waals surface area contributed by atoms with E-state index in [4.69, 9.17) is 14.2 Å². The molecule has 1 saturated heterocycles. The van der Waals surface area contributed by atoms with E-state index in [-0.39, 0.29) is 6.10 Å². The van der Waals surface area contributed by atoms with Crippen molar-refractivity contribution >= 4 is 0 Å². The van der Waals surface area contributed by atoms with Gasteiger partial charge in [0.1, 0.15) is 5.75 Å². The van der Waals surface area contributed by atoms with Gasteiger partial charge in [-0.05, 0) is 0 Å². The average molecular weight is 237 g/mol. The maximum Gasteiger partial charge on any atom is 0.130 e. The third-order valence-electron chi connectivity index (χ3n) is 2.91. The normalized spacial score (nSPS) is 20.2. The van der Waals surface area contributed by atoms with Gasteiger partial charge in [0.05, 0.1) is 26.4 Å². The van der Waals surface area contributed by atoms with Crippen molar-refractivity contribution in [2.45, 2.75) is 12.7 Å². The second-order valence-corrected chi connectivity index (χ2v) is 4.04. The van der Waals surface area contributed by atoms with Crippen molar-refractivity contribution in [1.29, 1.82) is 0 Å². The summed E-state index contributed by atoms with van der Waals surface area (Å²) in [5.41, 5.74) is 2.15. The molecule has 0 bridgehead atoms. The maximum atomic E-state index is 5.76. The molecule has 0 saturated carbocycles. The van der Waals surface area contributed by atoms with Crippen molar-refractivity contribution in [1.82, 2.24) is 5.32 Å². The van der Waals surface area contributed by atoms with Crippen LogP contribution in [0.2, 0.25) is 0 Å². The zero-order valence-corrected chi connectivity index (χ0v) is 10.4. The fraction of sp³-hybridized carbons (Fsp3) is 0.538. The summed E-state index contributed by atoms with van der Waals surface area (Å²) in [4.78, 5) is 0. The molecule has 1 aromatic carbocycles. The van der Waals surface area contributed by atoms with Crippen LogP contribution in [0.4, 0.5) is 0 Å². The minimum absolute atomic E-state index is 0.0653. The first-order valence-electron chi connectivity index (χ1n) is 5.84. The van der Waals surface area contributed by atoms with Crippen molar-refractivity contribution in [2.75, 3.05) is 33.9 Å². The van der Waals surface area contributed by atoms with E-state index in [9.17, 15) is 0 Å². The van der Waals surface area contributed by atoms with Crippen molar-refractivity contribution in [3.63, 3.8) is 0 Å². The van der Waals surface area contributed by atoms with Crippen LogP contribution in [0, 0.1) is 0 Å². The third kappa shape index (κ3) is 2.77. The Bertz CT molecular complexity index is 362. The highest BCUT2D eigenvalue weighted by Crippen LogP contribution is 2.31. The number of methoxy groups -OCH3 is 2. The molecule has 94 valence electrons. The summed E-state index contributed by atoms with van der Waals surface area (Å²) < 4.78 is 16.4. The van der Waals surface area contributed by atoms with Crippen molar-refractivity contribution in [3.8, 4) is 5.75 Å². The Morgan fingerprint density at radius 3 is 2.94 bits per heavy atom. The minimum atomic E-state index is 0.0653. The molecule has 1 N–H and O–H groups in total. The van der Waals surface area contributed by atoms with Gasteiger partial charge in [-0.15, -0.1) is 0 Å². The fourth-order valence-electron chi connectivity index (χ4n) is 2.14. The van der Waals surface area contributed by atoms with Crippen molar-refractivity contribution < 1.29 is 14.2 Å². The molecule has 0 amide bonds. The molecule has 1 heterocycles. The third-order valence-corrected chi connectivity index (χ3v) is 2.91. The van der Waals surface area contributed by atoms with E-state index >= 15 is 0 Å². The Labute approximate surface area is 102 Å².